The number of rotatable bonds is 10. The van der Waals surface area contributed by atoms with Crippen LogP contribution in [-0.2, 0) is 14.3 Å². The summed E-state index contributed by atoms with van der Waals surface area (Å²) in [6, 6.07) is 3.45. The predicted octanol–water partition coefficient (Wildman–Crippen LogP) is 2.89. The van der Waals surface area contributed by atoms with Crippen LogP contribution in [0.15, 0.2) is 18.2 Å². The highest BCUT2D eigenvalue weighted by molar-refractivity contribution is 6.03. The molecule has 0 spiro atoms. The largest absolute Gasteiger partial charge is 0.444 e. The zero-order valence-corrected chi connectivity index (χ0v) is 22.6. The predicted molar refractivity (Wildman–Crippen MR) is 141 cm³/mol. The first-order valence-corrected chi connectivity index (χ1v) is 13.4. The maximum absolute atomic E-state index is 14.5. The summed E-state index contributed by atoms with van der Waals surface area (Å²) >= 11 is 0. The third-order valence-corrected chi connectivity index (χ3v) is 6.51. The van der Waals surface area contributed by atoms with Gasteiger partial charge in [-0.05, 0) is 64.8 Å². The van der Waals surface area contributed by atoms with Gasteiger partial charge in [0.05, 0.1) is 5.56 Å². The minimum absolute atomic E-state index is 0.134. The summed E-state index contributed by atoms with van der Waals surface area (Å²) in [5.41, 5.74) is -0.0357. The fourth-order valence-corrected chi connectivity index (χ4v) is 4.40. The maximum Gasteiger partial charge on any atom is 0.410 e. The fraction of sp³-hybridized carbons (Fsp3) is 0.630. The van der Waals surface area contributed by atoms with Crippen LogP contribution < -0.4 is 16.0 Å². The Kier molecular flexibility index (Phi) is 10.5. The van der Waals surface area contributed by atoms with E-state index in [0.29, 0.717) is 25.3 Å². The van der Waals surface area contributed by atoms with Crippen molar-refractivity contribution in [2.24, 2.45) is 0 Å². The lowest BCUT2D eigenvalue weighted by molar-refractivity contribution is -0.134. The van der Waals surface area contributed by atoms with Crippen LogP contribution in [-0.4, -0.2) is 84.5 Å². The van der Waals surface area contributed by atoms with Crippen LogP contribution in [0.4, 0.5) is 14.9 Å². The van der Waals surface area contributed by atoms with E-state index in [1.165, 1.54) is 12.1 Å². The Labute approximate surface area is 223 Å². The summed E-state index contributed by atoms with van der Waals surface area (Å²) < 4.78 is 20.0. The second kappa shape index (κ2) is 13.5. The molecular weight excluding hydrogens is 493 g/mol. The van der Waals surface area contributed by atoms with Crippen molar-refractivity contribution < 1.29 is 28.3 Å². The molecule has 3 rings (SSSR count). The Bertz CT molecular complexity index is 1000. The van der Waals surface area contributed by atoms with E-state index in [4.69, 9.17) is 4.74 Å². The van der Waals surface area contributed by atoms with Gasteiger partial charge in [0.2, 0.25) is 11.8 Å². The number of ether oxygens (including phenoxy) is 1. The number of piperidine rings is 1. The van der Waals surface area contributed by atoms with Gasteiger partial charge in [-0.15, -0.1) is 0 Å². The number of hydrogen-bond donors (Lipinski definition) is 3. The van der Waals surface area contributed by atoms with E-state index in [2.05, 4.69) is 20.9 Å². The lowest BCUT2D eigenvalue weighted by Crippen LogP contribution is -2.52. The second-order valence-corrected chi connectivity index (χ2v) is 10.8. The number of halogens is 1. The molecule has 1 aromatic carbocycles. The molecule has 10 nitrogen and oxygen atoms in total. The first-order chi connectivity index (χ1) is 18.0. The standard InChI is InChI=1S/C27H40FN5O5/c1-27(2,3)38-26(37)33-16-14-32(15-17-33)13-7-5-4-6-12-29-19-8-9-20(21(28)18-19)24(35)30-22-10-11-23(34)31-25(22)36/h8-9,18,22,29H,4-7,10-17H2,1-3H3,(H,30,35)(H,31,34,36)/t22-/m1/s1. The van der Waals surface area contributed by atoms with Crippen LogP contribution >= 0.6 is 0 Å². The molecule has 210 valence electrons. The van der Waals surface area contributed by atoms with Gasteiger partial charge in [0, 0.05) is 44.8 Å². The van der Waals surface area contributed by atoms with Crippen LogP contribution in [0, 0.1) is 5.82 Å². The highest BCUT2D eigenvalue weighted by Crippen LogP contribution is 2.17. The topological polar surface area (TPSA) is 120 Å². The van der Waals surface area contributed by atoms with Crippen molar-refractivity contribution in [1.29, 1.82) is 0 Å². The van der Waals surface area contributed by atoms with Gasteiger partial charge < -0.3 is 20.3 Å². The Morgan fingerprint density at radius 2 is 1.79 bits per heavy atom. The van der Waals surface area contributed by atoms with E-state index in [-0.39, 0.29) is 30.4 Å². The monoisotopic (exact) mass is 533 g/mol. The van der Waals surface area contributed by atoms with Gasteiger partial charge in [-0.25, -0.2) is 9.18 Å². The van der Waals surface area contributed by atoms with Gasteiger partial charge in [-0.2, -0.15) is 0 Å². The van der Waals surface area contributed by atoms with Crippen molar-refractivity contribution in [2.45, 2.75) is 70.9 Å². The van der Waals surface area contributed by atoms with Crippen molar-refractivity contribution in [3.63, 3.8) is 0 Å². The Balaban J connectivity index is 1.27. The number of nitrogens with one attached hydrogen (secondary N) is 3. The number of carbonyl (C=O) groups excluding carboxylic acids is 4. The number of anilines is 1. The number of unbranched alkanes of at least 4 members (excludes halogenated alkanes) is 3. The molecule has 11 heteroatoms. The maximum atomic E-state index is 14.5. The summed E-state index contributed by atoms with van der Waals surface area (Å²) in [6.45, 7) is 10.4. The smallest absolute Gasteiger partial charge is 0.410 e. The van der Waals surface area contributed by atoms with Crippen LogP contribution in [0.1, 0.15) is 69.7 Å². The zero-order valence-electron chi connectivity index (χ0n) is 22.6. The molecule has 2 aliphatic heterocycles. The number of carbonyl (C=O) groups is 4. The van der Waals surface area contributed by atoms with Crippen molar-refractivity contribution in [1.82, 2.24) is 20.4 Å². The van der Waals surface area contributed by atoms with Crippen molar-refractivity contribution in [3.05, 3.63) is 29.6 Å². The first kappa shape index (κ1) is 29.3. The van der Waals surface area contributed by atoms with E-state index in [9.17, 15) is 23.6 Å². The average molecular weight is 534 g/mol. The van der Waals surface area contributed by atoms with E-state index < -0.39 is 29.3 Å². The number of nitrogens with zero attached hydrogens (tertiary/aromatic N) is 2. The van der Waals surface area contributed by atoms with E-state index in [1.54, 1.807) is 11.0 Å². The highest BCUT2D eigenvalue weighted by Gasteiger charge is 2.29. The minimum Gasteiger partial charge on any atom is -0.444 e. The van der Waals surface area contributed by atoms with Gasteiger partial charge in [-0.1, -0.05) is 12.8 Å². The van der Waals surface area contributed by atoms with Crippen molar-refractivity contribution in [3.8, 4) is 0 Å². The van der Waals surface area contributed by atoms with E-state index in [0.717, 1.165) is 45.3 Å². The molecule has 0 bridgehead atoms. The molecule has 4 amide bonds. The van der Waals surface area contributed by atoms with Crippen LogP contribution in [0.3, 0.4) is 0 Å². The SMILES string of the molecule is CC(C)(C)OC(=O)N1CCN(CCCCCCNc2ccc(C(=O)N[C@@H]3CCC(=O)NC3=O)c(F)c2)CC1. The number of hydrogen-bond acceptors (Lipinski definition) is 7. The van der Waals surface area contributed by atoms with Crippen LogP contribution in [0.2, 0.25) is 0 Å². The zero-order chi connectivity index (χ0) is 27.7. The molecular formula is C27H40FN5O5. The third-order valence-electron chi connectivity index (χ3n) is 6.51. The quantitative estimate of drug-likeness (QED) is 0.312. The second-order valence-electron chi connectivity index (χ2n) is 10.8. The molecule has 2 heterocycles. The highest BCUT2D eigenvalue weighted by atomic mass is 19.1. The van der Waals surface area contributed by atoms with Crippen LogP contribution in [0.25, 0.3) is 0 Å². The normalized spacial score (nSPS) is 18.6. The van der Waals surface area contributed by atoms with E-state index in [1.807, 2.05) is 20.8 Å². The van der Waals surface area contributed by atoms with Crippen LogP contribution in [0.5, 0.6) is 0 Å². The van der Waals surface area contributed by atoms with Gasteiger partial charge in [0.1, 0.15) is 17.5 Å². The number of piperazine rings is 1. The Morgan fingerprint density at radius 1 is 1.08 bits per heavy atom. The van der Waals surface area contributed by atoms with E-state index >= 15 is 0 Å². The summed E-state index contributed by atoms with van der Waals surface area (Å²) in [4.78, 5) is 51.7. The first-order valence-electron chi connectivity index (χ1n) is 13.4. The molecule has 0 aliphatic carbocycles. The average Bonchev–Trinajstić information content (AvgIpc) is 2.84. The Hall–Kier alpha value is -3.21. The lowest BCUT2D eigenvalue weighted by atomic mass is 10.1. The van der Waals surface area contributed by atoms with Crippen molar-refractivity contribution in [2.75, 3.05) is 44.6 Å². The molecule has 1 aromatic rings. The molecule has 0 radical (unpaired) electrons. The molecule has 1 atom stereocenters. The summed E-state index contributed by atoms with van der Waals surface area (Å²) in [5, 5.41) is 7.83. The molecule has 2 saturated heterocycles. The molecule has 0 unspecified atom stereocenters. The van der Waals surface area contributed by atoms with Gasteiger partial charge >= 0.3 is 6.09 Å². The van der Waals surface area contributed by atoms with Gasteiger partial charge in [0.15, 0.2) is 0 Å². The fourth-order valence-electron chi connectivity index (χ4n) is 4.40. The minimum atomic E-state index is -0.848. The summed E-state index contributed by atoms with van der Waals surface area (Å²) in [5.74, 6) is -2.31. The molecule has 0 saturated carbocycles. The number of amides is 4. The molecule has 2 fully saturated rings. The molecule has 2 aliphatic rings. The number of benzene rings is 1. The summed E-state index contributed by atoms with van der Waals surface area (Å²) in [7, 11) is 0. The Morgan fingerprint density at radius 3 is 2.45 bits per heavy atom. The lowest BCUT2D eigenvalue weighted by Gasteiger charge is -2.35. The molecule has 0 aromatic heterocycles. The summed E-state index contributed by atoms with van der Waals surface area (Å²) in [6.07, 6.45) is 4.23. The van der Waals surface area contributed by atoms with Gasteiger partial charge in [0.25, 0.3) is 5.91 Å². The van der Waals surface area contributed by atoms with Gasteiger partial charge in [-0.3, -0.25) is 24.6 Å². The molecule has 3 N–H and O–H groups in total. The van der Waals surface area contributed by atoms with Crippen molar-refractivity contribution >= 4 is 29.5 Å². The number of imide groups is 1. The molecule has 38 heavy (non-hydrogen) atoms. The third kappa shape index (κ3) is 9.27.